The van der Waals surface area contributed by atoms with Crippen LogP contribution in [0.1, 0.15) is 37.1 Å². The van der Waals surface area contributed by atoms with E-state index in [1.807, 2.05) is 38.1 Å². The quantitative estimate of drug-likeness (QED) is 0.490. The van der Waals surface area contributed by atoms with Crippen LogP contribution >= 0.6 is 11.6 Å². The Morgan fingerprint density at radius 2 is 2.03 bits per heavy atom. The number of nitrogens with zero attached hydrogens (tertiary/aromatic N) is 1. The summed E-state index contributed by atoms with van der Waals surface area (Å²) in [6.45, 7) is 3.89. The molecule has 0 saturated heterocycles. The van der Waals surface area contributed by atoms with Gasteiger partial charge in [-0.15, -0.1) is 0 Å². The van der Waals surface area contributed by atoms with Crippen molar-refractivity contribution in [1.29, 1.82) is 0 Å². The number of benzene rings is 2. The van der Waals surface area contributed by atoms with E-state index in [0.717, 1.165) is 28.7 Å². The fourth-order valence-electron chi connectivity index (χ4n) is 4.28. The minimum atomic E-state index is -2.47. The molecule has 0 fully saturated rings. The molecule has 31 heavy (non-hydrogen) atoms. The Kier molecular flexibility index (Phi) is 5.81. The minimum absolute atomic E-state index is 0.138. The average Bonchev–Trinajstić information content (AvgIpc) is 3.18. The maximum atomic E-state index is 15.3. The van der Waals surface area contributed by atoms with Crippen LogP contribution in [-0.4, -0.2) is 34.2 Å². The number of nitrogens with one attached hydrogen (secondary N) is 1. The van der Waals surface area contributed by atoms with Crippen LogP contribution in [0.25, 0.3) is 10.9 Å². The van der Waals surface area contributed by atoms with Gasteiger partial charge in [-0.3, -0.25) is 4.98 Å². The second-order valence-electron chi connectivity index (χ2n) is 8.71. The van der Waals surface area contributed by atoms with Gasteiger partial charge < -0.3 is 20.3 Å². The first-order valence-electron chi connectivity index (χ1n) is 10.3. The second kappa shape index (κ2) is 8.26. The van der Waals surface area contributed by atoms with E-state index in [4.69, 9.17) is 16.3 Å². The summed E-state index contributed by atoms with van der Waals surface area (Å²) in [6.07, 6.45) is 0.633. The molecule has 3 N–H and O–H groups in total. The van der Waals surface area contributed by atoms with Gasteiger partial charge in [0.1, 0.15) is 5.75 Å². The number of aliphatic hydroxyl groups excluding tert-OH is 1. The topological polar surface area (TPSA) is 74.6 Å². The van der Waals surface area contributed by atoms with Crippen molar-refractivity contribution in [3.8, 4) is 5.75 Å². The van der Waals surface area contributed by atoms with Crippen LogP contribution in [0.15, 0.2) is 42.5 Å². The van der Waals surface area contributed by atoms with E-state index in [2.05, 4.69) is 10.3 Å². The number of halogens is 2. The van der Waals surface area contributed by atoms with Gasteiger partial charge in [-0.05, 0) is 47.4 Å². The molecule has 2 aromatic carbocycles. The van der Waals surface area contributed by atoms with Crippen LogP contribution in [0.3, 0.4) is 0 Å². The van der Waals surface area contributed by atoms with Crippen LogP contribution in [-0.2, 0) is 18.4 Å². The molecular formula is C24H26ClFN2O3. The number of pyridine rings is 1. The summed E-state index contributed by atoms with van der Waals surface area (Å²) in [5.41, 5.74) is 3.02. The summed E-state index contributed by atoms with van der Waals surface area (Å²) < 4.78 is 21.1. The lowest BCUT2D eigenvalue weighted by Crippen LogP contribution is -2.38. The number of ether oxygens (including phenoxy) is 1. The van der Waals surface area contributed by atoms with Crippen LogP contribution in [0, 0.1) is 0 Å². The first-order valence-corrected chi connectivity index (χ1v) is 10.7. The molecule has 0 bridgehead atoms. The van der Waals surface area contributed by atoms with E-state index >= 15 is 4.39 Å². The molecule has 4 rings (SSSR count). The SMILES string of the molecule is CC(C)(CC(O)(F)CNc1cccc2nc(CO)ccc12)c1cc(Cl)cc2c1OCC2. The molecule has 0 aliphatic carbocycles. The zero-order valence-corrected chi connectivity index (χ0v) is 18.3. The van der Waals surface area contributed by atoms with Gasteiger partial charge in [0.25, 0.3) is 0 Å². The molecule has 1 aromatic heterocycles. The molecule has 2 heterocycles. The first-order chi connectivity index (χ1) is 14.7. The molecule has 3 aromatic rings. The summed E-state index contributed by atoms with van der Waals surface area (Å²) in [6, 6.07) is 12.6. The maximum absolute atomic E-state index is 15.3. The molecule has 1 atom stereocenters. The predicted octanol–water partition coefficient (Wildman–Crippen LogP) is 4.75. The maximum Gasteiger partial charge on any atom is 0.225 e. The Morgan fingerprint density at radius 3 is 2.81 bits per heavy atom. The van der Waals surface area contributed by atoms with Gasteiger partial charge in [-0.25, -0.2) is 4.39 Å². The summed E-state index contributed by atoms with van der Waals surface area (Å²) in [5.74, 6) is -1.73. The third-order valence-corrected chi connectivity index (χ3v) is 5.91. The van der Waals surface area contributed by atoms with Gasteiger partial charge in [0, 0.05) is 34.5 Å². The Labute approximate surface area is 185 Å². The van der Waals surface area contributed by atoms with Crippen LogP contribution in [0.4, 0.5) is 10.1 Å². The van der Waals surface area contributed by atoms with Gasteiger partial charge in [-0.2, -0.15) is 0 Å². The lowest BCUT2D eigenvalue weighted by Gasteiger charge is -2.33. The number of hydrogen-bond acceptors (Lipinski definition) is 5. The third-order valence-electron chi connectivity index (χ3n) is 5.69. The first kappa shape index (κ1) is 21.8. The van der Waals surface area contributed by atoms with Gasteiger partial charge >= 0.3 is 0 Å². The molecule has 0 amide bonds. The van der Waals surface area contributed by atoms with Crippen molar-refractivity contribution >= 4 is 28.2 Å². The van der Waals surface area contributed by atoms with Gasteiger partial charge in [0.05, 0.1) is 31.0 Å². The van der Waals surface area contributed by atoms with E-state index in [9.17, 15) is 10.2 Å². The number of fused-ring (bicyclic) bond motifs is 2. The molecule has 5 nitrogen and oxygen atoms in total. The fourth-order valence-corrected chi connectivity index (χ4v) is 4.52. The van der Waals surface area contributed by atoms with Crippen molar-refractivity contribution in [2.45, 2.75) is 44.6 Å². The van der Waals surface area contributed by atoms with Crippen molar-refractivity contribution in [1.82, 2.24) is 4.98 Å². The largest absolute Gasteiger partial charge is 0.493 e. The van der Waals surface area contributed by atoms with E-state index in [1.54, 1.807) is 18.2 Å². The predicted molar refractivity (Wildman–Crippen MR) is 121 cm³/mol. The number of anilines is 1. The lowest BCUT2D eigenvalue weighted by molar-refractivity contribution is -0.0942. The Hall–Kier alpha value is -2.41. The summed E-state index contributed by atoms with van der Waals surface area (Å²) in [7, 11) is 0. The highest BCUT2D eigenvalue weighted by Gasteiger charge is 2.38. The monoisotopic (exact) mass is 444 g/mol. The molecule has 7 heteroatoms. The summed E-state index contributed by atoms with van der Waals surface area (Å²) in [5, 5.41) is 24.3. The van der Waals surface area contributed by atoms with E-state index < -0.39 is 11.3 Å². The molecule has 1 aliphatic heterocycles. The normalized spacial score (nSPS) is 15.4. The smallest absolute Gasteiger partial charge is 0.225 e. The van der Waals surface area contributed by atoms with Crippen LogP contribution in [0.2, 0.25) is 5.02 Å². The van der Waals surface area contributed by atoms with Gasteiger partial charge in [0.15, 0.2) is 0 Å². The van der Waals surface area contributed by atoms with Crippen molar-refractivity contribution in [2.75, 3.05) is 18.5 Å². The van der Waals surface area contributed by atoms with Crippen LogP contribution in [0.5, 0.6) is 5.75 Å². The molecule has 0 spiro atoms. The highest BCUT2D eigenvalue weighted by molar-refractivity contribution is 6.30. The highest BCUT2D eigenvalue weighted by Crippen LogP contribution is 2.43. The van der Waals surface area contributed by atoms with E-state index in [1.165, 1.54) is 0 Å². The Balaban J connectivity index is 1.53. The molecule has 164 valence electrons. The standard InChI is InChI=1S/C24H26ClFN2O3/c1-23(2,19-11-16(25)10-15-8-9-31-22(15)19)13-24(26,30)14-27-20-4-3-5-21-18(20)7-6-17(12-29)28-21/h3-7,10-11,27,29-30H,8-9,12-14H2,1-2H3. The highest BCUT2D eigenvalue weighted by atomic mass is 35.5. The Morgan fingerprint density at radius 1 is 1.23 bits per heavy atom. The average molecular weight is 445 g/mol. The minimum Gasteiger partial charge on any atom is -0.493 e. The number of rotatable bonds is 7. The number of aromatic nitrogens is 1. The molecule has 0 saturated carbocycles. The number of hydrogen-bond donors (Lipinski definition) is 3. The zero-order valence-electron chi connectivity index (χ0n) is 17.6. The lowest BCUT2D eigenvalue weighted by atomic mass is 9.78. The van der Waals surface area contributed by atoms with Crippen molar-refractivity contribution in [3.63, 3.8) is 0 Å². The molecule has 0 radical (unpaired) electrons. The molecular weight excluding hydrogens is 419 g/mol. The van der Waals surface area contributed by atoms with Crippen molar-refractivity contribution in [2.24, 2.45) is 0 Å². The molecule has 1 unspecified atom stereocenters. The zero-order chi connectivity index (χ0) is 22.2. The van der Waals surface area contributed by atoms with E-state index in [-0.39, 0.29) is 19.6 Å². The second-order valence-corrected chi connectivity index (χ2v) is 9.14. The van der Waals surface area contributed by atoms with Gasteiger partial charge in [-0.1, -0.05) is 31.5 Å². The number of alkyl halides is 1. The molecule has 1 aliphatic rings. The van der Waals surface area contributed by atoms with Crippen LogP contribution < -0.4 is 10.1 Å². The fraction of sp³-hybridized carbons (Fsp3) is 0.375. The van der Waals surface area contributed by atoms with Crippen molar-refractivity contribution in [3.05, 3.63) is 64.3 Å². The number of aliphatic hydroxyl groups is 2. The summed E-state index contributed by atoms with van der Waals surface area (Å²) in [4.78, 5) is 4.37. The van der Waals surface area contributed by atoms with Gasteiger partial charge in [0.2, 0.25) is 5.85 Å². The van der Waals surface area contributed by atoms with Crippen molar-refractivity contribution < 1.29 is 19.3 Å². The summed E-state index contributed by atoms with van der Waals surface area (Å²) >= 11 is 6.28. The Bertz CT molecular complexity index is 1120. The van der Waals surface area contributed by atoms with E-state index in [0.29, 0.717) is 28.5 Å². The third kappa shape index (κ3) is 4.61.